The topological polar surface area (TPSA) is 71.8 Å². The molecule has 35 heavy (non-hydrogen) atoms. The third-order valence-corrected chi connectivity index (χ3v) is 6.79. The fourth-order valence-electron chi connectivity index (χ4n) is 4.96. The summed E-state index contributed by atoms with van der Waals surface area (Å²) in [6.45, 7) is 4.46. The molecule has 1 N–H and O–H groups in total. The van der Waals surface area contributed by atoms with Crippen molar-refractivity contribution in [1.29, 1.82) is 0 Å². The van der Waals surface area contributed by atoms with Crippen molar-refractivity contribution in [2.75, 3.05) is 25.1 Å². The zero-order chi connectivity index (χ0) is 24.5. The first kappa shape index (κ1) is 22.7. The Morgan fingerprint density at radius 3 is 2.37 bits per heavy atom. The minimum atomic E-state index is -1.23. The summed E-state index contributed by atoms with van der Waals surface area (Å²) in [5.41, 5.74) is 4.03. The minimum Gasteiger partial charge on any atom is -0.492 e. The van der Waals surface area contributed by atoms with E-state index in [0.29, 0.717) is 29.1 Å². The number of nitrogens with zero attached hydrogens (tertiary/aromatic N) is 2. The van der Waals surface area contributed by atoms with Gasteiger partial charge in [-0.05, 0) is 41.2 Å². The fourth-order valence-corrected chi connectivity index (χ4v) is 4.96. The molecule has 6 nitrogen and oxygen atoms in total. The Balaban J connectivity index is 1.63. The molecule has 1 unspecified atom stereocenters. The first-order chi connectivity index (χ1) is 17.0. The number of hydrogen-bond donors (Lipinski definition) is 1. The molecule has 1 aliphatic rings. The second-order valence-electron chi connectivity index (χ2n) is 9.22. The van der Waals surface area contributed by atoms with E-state index >= 15 is 0 Å². The van der Waals surface area contributed by atoms with Crippen LogP contribution in [0, 0.1) is 5.92 Å². The maximum atomic E-state index is 13.1. The number of ether oxygens (including phenoxy) is 1. The highest BCUT2D eigenvalue weighted by Gasteiger charge is 2.25. The minimum absolute atomic E-state index is 0.247. The molecule has 0 spiro atoms. The number of methoxy groups -OCH3 is 1. The number of aromatic nitrogens is 1. The molecular weight excluding hydrogens is 440 g/mol. The number of aromatic carboxylic acids is 1. The smallest absolute Gasteiger partial charge is 0.341 e. The molecule has 6 heteroatoms. The molecule has 1 saturated heterocycles. The molecule has 0 radical (unpaired) electrons. The quantitative estimate of drug-likeness (QED) is 0.417. The van der Waals surface area contributed by atoms with E-state index in [1.54, 1.807) is 13.2 Å². The molecule has 1 atom stereocenters. The van der Waals surface area contributed by atoms with Crippen molar-refractivity contribution in [3.05, 3.63) is 94.3 Å². The molecule has 1 aromatic heterocycles. The lowest BCUT2D eigenvalue weighted by molar-refractivity contribution is 0.0695. The van der Waals surface area contributed by atoms with Crippen molar-refractivity contribution in [3.8, 4) is 16.9 Å². The highest BCUT2D eigenvalue weighted by atomic mass is 16.5. The monoisotopic (exact) mass is 468 g/mol. The van der Waals surface area contributed by atoms with Crippen molar-refractivity contribution in [1.82, 2.24) is 4.57 Å². The van der Waals surface area contributed by atoms with E-state index in [9.17, 15) is 14.7 Å². The van der Waals surface area contributed by atoms with Gasteiger partial charge >= 0.3 is 5.97 Å². The highest BCUT2D eigenvalue weighted by molar-refractivity contribution is 5.96. The number of carboxylic acids is 1. The third-order valence-electron chi connectivity index (χ3n) is 6.79. The van der Waals surface area contributed by atoms with Crippen LogP contribution in [0.3, 0.4) is 0 Å². The van der Waals surface area contributed by atoms with E-state index in [0.717, 1.165) is 41.9 Å². The molecule has 2 heterocycles. The molecule has 1 aliphatic heterocycles. The van der Waals surface area contributed by atoms with Crippen LogP contribution in [-0.4, -0.2) is 35.8 Å². The Hall–Kier alpha value is -4.06. The lowest BCUT2D eigenvalue weighted by atomic mass is 10.0. The average Bonchev–Trinajstić information content (AvgIpc) is 3.31. The van der Waals surface area contributed by atoms with Gasteiger partial charge in [-0.1, -0.05) is 61.5 Å². The van der Waals surface area contributed by atoms with Crippen LogP contribution in [0.25, 0.3) is 22.0 Å². The number of hydrogen-bond acceptors (Lipinski definition) is 4. The van der Waals surface area contributed by atoms with Crippen molar-refractivity contribution >= 4 is 22.6 Å². The number of rotatable bonds is 6. The maximum absolute atomic E-state index is 13.1. The van der Waals surface area contributed by atoms with Crippen molar-refractivity contribution in [2.45, 2.75) is 19.9 Å². The molecule has 5 rings (SSSR count). The van der Waals surface area contributed by atoms with Crippen LogP contribution in [-0.2, 0) is 6.54 Å². The number of anilines is 1. The largest absolute Gasteiger partial charge is 0.492 e. The predicted octanol–water partition coefficient (Wildman–Crippen LogP) is 5.27. The summed E-state index contributed by atoms with van der Waals surface area (Å²) < 4.78 is 7.70. The summed E-state index contributed by atoms with van der Waals surface area (Å²) in [7, 11) is 1.60. The Morgan fingerprint density at radius 1 is 1.03 bits per heavy atom. The van der Waals surface area contributed by atoms with Crippen LogP contribution in [0.2, 0.25) is 0 Å². The maximum Gasteiger partial charge on any atom is 0.341 e. The lowest BCUT2D eigenvalue weighted by Crippen LogP contribution is -2.23. The summed E-state index contributed by atoms with van der Waals surface area (Å²) >= 11 is 0. The molecule has 178 valence electrons. The summed E-state index contributed by atoms with van der Waals surface area (Å²) in [6.07, 6.45) is 2.54. The second-order valence-corrected chi connectivity index (χ2v) is 9.22. The van der Waals surface area contributed by atoms with Crippen LogP contribution < -0.4 is 15.1 Å². The number of pyridine rings is 1. The summed E-state index contributed by atoms with van der Waals surface area (Å²) in [4.78, 5) is 27.2. The summed E-state index contributed by atoms with van der Waals surface area (Å²) in [5.74, 6) is -0.0526. The van der Waals surface area contributed by atoms with Gasteiger partial charge in [0, 0.05) is 25.8 Å². The molecule has 0 amide bonds. The molecular formula is C29H28N2O4. The fraction of sp³-hybridized carbons (Fsp3) is 0.241. The Bertz CT molecular complexity index is 1440. The number of carboxylic acid groups (broad SMARTS) is 1. The van der Waals surface area contributed by atoms with E-state index in [1.165, 1.54) is 6.20 Å². The Morgan fingerprint density at radius 2 is 1.74 bits per heavy atom. The van der Waals surface area contributed by atoms with Crippen LogP contribution in [0.15, 0.2) is 77.7 Å². The summed E-state index contributed by atoms with van der Waals surface area (Å²) in [6, 6.07) is 21.9. The number of carbonyl (C=O) groups is 1. The van der Waals surface area contributed by atoms with Crippen LogP contribution in [0.1, 0.15) is 29.3 Å². The van der Waals surface area contributed by atoms with E-state index in [4.69, 9.17) is 4.74 Å². The van der Waals surface area contributed by atoms with E-state index in [2.05, 4.69) is 36.1 Å². The molecule has 3 aromatic carbocycles. The molecule has 1 fully saturated rings. The van der Waals surface area contributed by atoms with Crippen molar-refractivity contribution in [3.63, 3.8) is 0 Å². The van der Waals surface area contributed by atoms with Gasteiger partial charge in [0.2, 0.25) is 5.43 Å². The number of fused-ring (bicyclic) bond motifs is 1. The Kier molecular flexibility index (Phi) is 6.03. The Labute approximate surface area is 204 Å². The summed E-state index contributed by atoms with van der Waals surface area (Å²) in [5, 5.41) is 10.1. The highest BCUT2D eigenvalue weighted by Crippen LogP contribution is 2.38. The van der Waals surface area contributed by atoms with Crippen LogP contribution in [0.4, 0.5) is 5.69 Å². The number of benzene rings is 3. The van der Waals surface area contributed by atoms with Crippen LogP contribution >= 0.6 is 0 Å². The van der Waals surface area contributed by atoms with Gasteiger partial charge in [-0.25, -0.2) is 4.79 Å². The van der Waals surface area contributed by atoms with Gasteiger partial charge < -0.3 is 19.3 Å². The predicted molar refractivity (Wildman–Crippen MR) is 139 cm³/mol. The van der Waals surface area contributed by atoms with Gasteiger partial charge in [0.1, 0.15) is 5.56 Å². The molecule has 0 saturated carbocycles. The van der Waals surface area contributed by atoms with Gasteiger partial charge in [-0.2, -0.15) is 0 Å². The average molecular weight is 469 g/mol. The normalized spacial score (nSPS) is 15.5. The lowest BCUT2D eigenvalue weighted by Gasteiger charge is -2.24. The first-order valence-corrected chi connectivity index (χ1v) is 11.8. The zero-order valence-corrected chi connectivity index (χ0v) is 19.9. The standard InChI is InChI=1S/C29H28N2O4/c1-19-14-15-30(16-19)25-13-12-23-26(28(25)35-2)31(18-24(27(23)32)29(33)34)17-20-8-10-22(11-9-20)21-6-4-3-5-7-21/h3-13,18-19H,14-17H2,1-2H3,(H,33,34). The van der Waals surface area contributed by atoms with E-state index < -0.39 is 11.4 Å². The zero-order valence-electron chi connectivity index (χ0n) is 19.9. The molecule has 0 bridgehead atoms. The third kappa shape index (κ3) is 4.28. The first-order valence-electron chi connectivity index (χ1n) is 11.8. The van der Waals surface area contributed by atoms with Crippen molar-refractivity contribution in [2.24, 2.45) is 5.92 Å². The van der Waals surface area contributed by atoms with Gasteiger partial charge in [-0.15, -0.1) is 0 Å². The van der Waals surface area contributed by atoms with Gasteiger partial charge in [0.05, 0.1) is 23.7 Å². The van der Waals surface area contributed by atoms with Gasteiger partial charge in [0.15, 0.2) is 5.75 Å². The van der Waals surface area contributed by atoms with E-state index in [-0.39, 0.29) is 5.56 Å². The van der Waals surface area contributed by atoms with Gasteiger partial charge in [-0.3, -0.25) is 4.79 Å². The molecule has 0 aliphatic carbocycles. The van der Waals surface area contributed by atoms with Crippen LogP contribution in [0.5, 0.6) is 5.75 Å². The van der Waals surface area contributed by atoms with E-state index in [1.807, 2.05) is 41.0 Å². The van der Waals surface area contributed by atoms with Crippen molar-refractivity contribution < 1.29 is 14.6 Å². The SMILES string of the molecule is COc1c(N2CCC(C)C2)ccc2c(=O)c(C(=O)O)cn(Cc3ccc(-c4ccccc4)cc3)c12. The second kappa shape index (κ2) is 9.29. The van der Waals surface area contributed by atoms with Gasteiger partial charge in [0.25, 0.3) is 0 Å². The molecule has 4 aromatic rings.